The van der Waals surface area contributed by atoms with Crippen molar-refractivity contribution >= 4 is 35.4 Å². The summed E-state index contributed by atoms with van der Waals surface area (Å²) in [5.41, 5.74) is -6.46. The van der Waals surface area contributed by atoms with Gasteiger partial charge in [-0.3, -0.25) is 19.2 Å². The molecule has 12 rings (SSSR count). The van der Waals surface area contributed by atoms with Gasteiger partial charge in [0, 0.05) is 68.3 Å². The minimum Gasteiger partial charge on any atom is -0.472 e. The van der Waals surface area contributed by atoms with E-state index < -0.39 is 103 Å². The van der Waals surface area contributed by atoms with E-state index in [2.05, 4.69) is 27.7 Å². The van der Waals surface area contributed by atoms with Gasteiger partial charge in [-0.1, -0.05) is 55.4 Å². The highest BCUT2D eigenvalue weighted by Gasteiger charge is 2.90. The van der Waals surface area contributed by atoms with Crippen LogP contribution in [0.25, 0.3) is 0 Å². The number of cyclic esters (lactones) is 2. The van der Waals surface area contributed by atoms with Crippen molar-refractivity contribution in [3.63, 3.8) is 0 Å². The molecule has 2 aromatic heterocycles. The second-order valence-electron chi connectivity index (χ2n) is 24.8. The second kappa shape index (κ2) is 14.6. The van der Waals surface area contributed by atoms with Crippen LogP contribution in [-0.2, 0) is 66.7 Å². The van der Waals surface area contributed by atoms with Crippen LogP contribution >= 0.6 is 0 Å². The number of esters is 4. The summed E-state index contributed by atoms with van der Waals surface area (Å²) in [7, 11) is 2.78. The smallest absolute Gasteiger partial charge is 0.339 e. The molecule has 6 aliphatic heterocycles. The summed E-state index contributed by atoms with van der Waals surface area (Å²) in [6, 6.07) is 3.59. The third-order valence-electron chi connectivity index (χ3n) is 22.0. The molecule has 70 heavy (non-hydrogen) atoms. The van der Waals surface area contributed by atoms with Crippen molar-refractivity contribution in [3.8, 4) is 0 Å². The number of hydrogen-bond donors (Lipinski definition) is 0. The van der Waals surface area contributed by atoms with Gasteiger partial charge in [0.15, 0.2) is 12.2 Å². The fourth-order valence-electron chi connectivity index (χ4n) is 18.1. The van der Waals surface area contributed by atoms with Crippen molar-refractivity contribution in [2.24, 2.45) is 67.0 Å². The number of furan rings is 2. The van der Waals surface area contributed by atoms with Crippen LogP contribution in [0.4, 0.5) is 0 Å². The van der Waals surface area contributed by atoms with Gasteiger partial charge in [-0.15, -0.1) is 0 Å². The van der Waals surface area contributed by atoms with Crippen molar-refractivity contribution in [1.82, 2.24) is 0 Å². The summed E-state index contributed by atoms with van der Waals surface area (Å²) in [4.78, 5) is 80.1. The first kappa shape index (κ1) is 47.9. The number of epoxide rings is 2. The summed E-state index contributed by atoms with van der Waals surface area (Å²) in [5.74, 6) is -1.89. The van der Waals surface area contributed by atoms with Crippen molar-refractivity contribution in [3.05, 3.63) is 48.3 Å². The van der Waals surface area contributed by atoms with Crippen LogP contribution in [0.15, 0.2) is 46.0 Å². The number of hydrogen-bond acceptors (Lipinski definition) is 16. The Kier molecular flexibility index (Phi) is 10.0. The van der Waals surface area contributed by atoms with Crippen LogP contribution in [-0.4, -0.2) is 98.5 Å². The molecule has 0 aromatic carbocycles. The molecular weight excluding hydrogens is 905 g/mol. The molecule has 6 saturated heterocycles. The Morgan fingerprint density at radius 2 is 0.914 bits per heavy atom. The minimum atomic E-state index is -1.16. The van der Waals surface area contributed by atoms with Crippen LogP contribution in [0.2, 0.25) is 0 Å². The molecular formula is C54H68O16. The standard InChI is InChI=1S/2C27H34O8/c2*1-23(2)16-13-33-18(11-17(23)28)25(16,4)15-7-9-24(3)19(14-8-10-32-12-14)34-21(29)20-27(24,35-20)26(15,5)22(30)31-6/h2*8,10,12,15-16,18-20H,7,9,11,13H2,1-6H3/t2*15-,16+,18-,19+,20-,24+,25-,26+,27-/m11/s1. The Morgan fingerprint density at radius 3 is 1.24 bits per heavy atom. The molecule has 0 N–H and O–H groups in total. The number of ether oxygens (including phenoxy) is 8. The van der Waals surface area contributed by atoms with Gasteiger partial charge in [0.2, 0.25) is 0 Å². The van der Waals surface area contributed by atoms with E-state index in [-0.39, 0.29) is 47.4 Å². The molecule has 18 atom stereocenters. The van der Waals surface area contributed by atoms with Gasteiger partial charge >= 0.3 is 23.9 Å². The fraction of sp³-hybridized carbons (Fsp3) is 0.741. The Balaban J connectivity index is 0.000000152. The van der Waals surface area contributed by atoms with Crippen LogP contribution < -0.4 is 0 Å². The van der Waals surface area contributed by atoms with Crippen LogP contribution in [0, 0.1) is 67.0 Å². The topological polar surface area (TPSA) is 209 Å². The molecule has 2 aromatic rings. The third kappa shape index (κ3) is 5.27. The van der Waals surface area contributed by atoms with E-state index in [1.807, 2.05) is 41.5 Å². The zero-order valence-electron chi connectivity index (χ0n) is 42.4. The lowest BCUT2D eigenvalue weighted by Crippen LogP contribution is -2.70. The average molecular weight is 973 g/mol. The van der Waals surface area contributed by atoms with E-state index in [4.69, 9.17) is 46.7 Å². The summed E-state index contributed by atoms with van der Waals surface area (Å²) in [6.07, 6.45) is 6.16. The highest BCUT2D eigenvalue weighted by molar-refractivity contribution is 5.91. The van der Waals surface area contributed by atoms with Gasteiger partial charge < -0.3 is 46.7 Å². The predicted octanol–water partition coefficient (Wildman–Crippen LogP) is 7.26. The molecule has 10 aliphatic rings. The highest BCUT2D eigenvalue weighted by Crippen LogP contribution is 2.80. The lowest BCUT2D eigenvalue weighted by molar-refractivity contribution is -0.219. The van der Waals surface area contributed by atoms with E-state index in [0.29, 0.717) is 51.7 Å². The Morgan fingerprint density at radius 1 is 0.543 bits per heavy atom. The number of fused-ring (bicyclic) bond motifs is 4. The molecule has 8 heterocycles. The number of carbonyl (C=O) groups is 6. The maximum atomic E-state index is 13.9. The minimum absolute atomic E-state index is 0.0617. The number of Topliss-reactive ketones (excluding diaryl/α,β-unsaturated/α-hetero) is 2. The number of rotatable bonds is 6. The van der Waals surface area contributed by atoms with E-state index in [9.17, 15) is 28.8 Å². The van der Waals surface area contributed by atoms with Gasteiger partial charge in [0.25, 0.3) is 0 Å². The zero-order chi connectivity index (χ0) is 50.4. The summed E-state index contributed by atoms with van der Waals surface area (Å²) in [6.45, 7) is 21.2. The molecule has 4 bridgehead atoms. The number of methoxy groups -OCH3 is 2. The monoisotopic (exact) mass is 972 g/mol. The van der Waals surface area contributed by atoms with E-state index in [1.165, 1.54) is 14.2 Å². The number of ketones is 2. The van der Waals surface area contributed by atoms with Crippen LogP contribution in [0.5, 0.6) is 0 Å². The normalized spacial score (nSPS) is 49.6. The predicted molar refractivity (Wildman–Crippen MR) is 242 cm³/mol. The second-order valence-corrected chi connectivity index (χ2v) is 24.8. The molecule has 16 heteroatoms. The SMILES string of the molecule is COC(=O)[C@]1(C)[C@@H]([C@@]2(C)[C@H]3CC(=O)C(C)(C)[C@@H]2CO3)CC[C@@]2(C)[C@H](c3ccoc3)OC(=O)[C@H]3O[C@]321.COC(=O)[C@]1(C)[C@@H]([C@@]2(C)[C@H]3CC(=O)C(C)(C)[C@@H]2CO3)CC[C@@]2(C)[C@H](c3ccoc3)OC(=O)[C@H]3O[C@]321. The first-order valence-electron chi connectivity index (χ1n) is 25.1. The lowest BCUT2D eigenvalue weighted by Gasteiger charge is -2.62. The lowest BCUT2D eigenvalue weighted by atomic mass is 9.39. The molecule has 10 fully saturated rings. The number of carbonyl (C=O) groups excluding carboxylic acids is 6. The molecule has 0 amide bonds. The molecule has 380 valence electrons. The maximum Gasteiger partial charge on any atom is 0.339 e. The fourth-order valence-corrected chi connectivity index (χ4v) is 18.1. The van der Waals surface area contributed by atoms with Gasteiger partial charge in [0.05, 0.1) is 64.7 Å². The maximum absolute atomic E-state index is 13.9. The summed E-state index contributed by atoms with van der Waals surface area (Å²) in [5, 5.41) is 0. The molecule has 2 spiro atoms. The van der Waals surface area contributed by atoms with E-state index in [0.717, 1.165) is 11.1 Å². The van der Waals surface area contributed by atoms with Crippen molar-refractivity contribution in [1.29, 1.82) is 0 Å². The first-order chi connectivity index (χ1) is 32.8. The van der Waals surface area contributed by atoms with Crippen molar-refractivity contribution in [2.45, 2.75) is 156 Å². The molecule has 4 aliphatic carbocycles. The largest absolute Gasteiger partial charge is 0.472 e. The third-order valence-corrected chi connectivity index (χ3v) is 22.0. The molecule has 4 saturated carbocycles. The first-order valence-corrected chi connectivity index (χ1v) is 25.1. The van der Waals surface area contributed by atoms with Crippen LogP contribution in [0.3, 0.4) is 0 Å². The van der Waals surface area contributed by atoms with Gasteiger partial charge in [0.1, 0.15) is 45.8 Å². The molecule has 16 nitrogen and oxygen atoms in total. The van der Waals surface area contributed by atoms with Crippen molar-refractivity contribution < 1.29 is 75.5 Å². The van der Waals surface area contributed by atoms with Gasteiger partial charge in [-0.2, -0.15) is 0 Å². The Hall–Kier alpha value is -4.38. The van der Waals surface area contributed by atoms with Crippen LogP contribution in [0.1, 0.15) is 131 Å². The molecule has 0 unspecified atom stereocenters. The summed E-state index contributed by atoms with van der Waals surface area (Å²) >= 11 is 0. The Bertz CT molecular complexity index is 2390. The zero-order valence-corrected chi connectivity index (χ0v) is 42.4. The average Bonchev–Trinajstić information content (AvgIpc) is 3.99. The van der Waals surface area contributed by atoms with Crippen molar-refractivity contribution in [2.75, 3.05) is 27.4 Å². The summed E-state index contributed by atoms with van der Waals surface area (Å²) < 4.78 is 58.7. The highest BCUT2D eigenvalue weighted by atomic mass is 16.7. The quantitative estimate of drug-likeness (QED) is 0.158. The van der Waals surface area contributed by atoms with E-state index >= 15 is 0 Å². The van der Waals surface area contributed by atoms with E-state index in [1.54, 1.807) is 37.2 Å². The van der Waals surface area contributed by atoms with Gasteiger partial charge in [-0.25, -0.2) is 9.59 Å². The molecule has 0 radical (unpaired) electrons. The Labute approximate surface area is 408 Å². The van der Waals surface area contributed by atoms with Gasteiger partial charge in [-0.05, 0) is 63.5 Å².